The van der Waals surface area contributed by atoms with Crippen LogP contribution in [0.2, 0.25) is 0 Å². The molecule has 0 aromatic heterocycles. The second kappa shape index (κ2) is 7.09. The van der Waals surface area contributed by atoms with Crippen molar-refractivity contribution in [2.45, 2.75) is 39.3 Å². The number of carbonyl (C=O) groups excluding carboxylic acids is 3. The highest BCUT2D eigenvalue weighted by Crippen LogP contribution is 2.36. The van der Waals surface area contributed by atoms with Crippen molar-refractivity contribution in [1.29, 1.82) is 0 Å². The zero-order chi connectivity index (χ0) is 19.8. The van der Waals surface area contributed by atoms with E-state index in [2.05, 4.69) is 10.6 Å². The lowest BCUT2D eigenvalue weighted by Gasteiger charge is -2.25. The zero-order valence-electron chi connectivity index (χ0n) is 16.0. The van der Waals surface area contributed by atoms with Gasteiger partial charge in [0.1, 0.15) is 25.3 Å². The van der Waals surface area contributed by atoms with Gasteiger partial charge in [-0.05, 0) is 37.5 Å². The molecule has 0 saturated carbocycles. The molecule has 2 atom stereocenters. The molecule has 2 aliphatic rings. The van der Waals surface area contributed by atoms with Gasteiger partial charge >= 0.3 is 6.03 Å². The van der Waals surface area contributed by atoms with Gasteiger partial charge in [0.2, 0.25) is 5.91 Å². The van der Waals surface area contributed by atoms with Crippen LogP contribution >= 0.6 is 0 Å². The van der Waals surface area contributed by atoms with E-state index in [0.29, 0.717) is 30.3 Å². The summed E-state index contributed by atoms with van der Waals surface area (Å²) in [7, 11) is 0. The van der Waals surface area contributed by atoms with Crippen molar-refractivity contribution in [3.8, 4) is 11.5 Å². The summed E-state index contributed by atoms with van der Waals surface area (Å²) in [6, 6.07) is 4.48. The average molecular weight is 375 g/mol. The smallest absolute Gasteiger partial charge is 0.325 e. The van der Waals surface area contributed by atoms with Gasteiger partial charge in [-0.15, -0.1) is 0 Å². The minimum Gasteiger partial charge on any atom is -0.486 e. The lowest BCUT2D eigenvalue weighted by molar-refractivity contribution is -0.135. The van der Waals surface area contributed by atoms with Crippen LogP contribution in [0.4, 0.5) is 4.79 Å². The highest BCUT2D eigenvalue weighted by Gasteiger charge is 2.49. The summed E-state index contributed by atoms with van der Waals surface area (Å²) < 4.78 is 11.1. The topological polar surface area (TPSA) is 97.0 Å². The first kappa shape index (κ1) is 19.0. The van der Waals surface area contributed by atoms with Gasteiger partial charge < -0.3 is 20.1 Å². The molecule has 1 aromatic carbocycles. The number of imide groups is 1. The van der Waals surface area contributed by atoms with Crippen molar-refractivity contribution in [3.05, 3.63) is 23.8 Å². The monoisotopic (exact) mass is 375 g/mol. The van der Waals surface area contributed by atoms with Gasteiger partial charge in [-0.2, -0.15) is 0 Å². The molecule has 1 saturated heterocycles. The first-order chi connectivity index (χ1) is 12.7. The fourth-order valence-electron chi connectivity index (χ4n) is 3.00. The quantitative estimate of drug-likeness (QED) is 0.758. The maximum Gasteiger partial charge on any atom is 0.325 e. The summed E-state index contributed by atoms with van der Waals surface area (Å²) in [5, 5.41) is 5.50. The number of ether oxygens (including phenoxy) is 2. The molecule has 2 N–H and O–H groups in total. The molecule has 8 heteroatoms. The van der Waals surface area contributed by atoms with E-state index in [9.17, 15) is 14.4 Å². The molecule has 0 aliphatic carbocycles. The number of hydrogen-bond acceptors (Lipinski definition) is 5. The molecule has 0 radical (unpaired) electrons. The zero-order valence-corrected chi connectivity index (χ0v) is 16.0. The second-order valence-corrected chi connectivity index (χ2v) is 7.41. The van der Waals surface area contributed by atoms with Gasteiger partial charge in [0.15, 0.2) is 11.5 Å². The van der Waals surface area contributed by atoms with Crippen molar-refractivity contribution in [1.82, 2.24) is 15.5 Å². The van der Waals surface area contributed by atoms with Crippen molar-refractivity contribution in [2.24, 2.45) is 5.92 Å². The predicted molar refractivity (Wildman–Crippen MR) is 97.5 cm³/mol. The summed E-state index contributed by atoms with van der Waals surface area (Å²) in [5.74, 6) is 0.538. The Morgan fingerprint density at radius 2 is 1.89 bits per heavy atom. The molecule has 2 heterocycles. The number of rotatable bonds is 5. The van der Waals surface area contributed by atoms with Gasteiger partial charge in [0, 0.05) is 6.04 Å². The number of urea groups is 1. The average Bonchev–Trinajstić information content (AvgIpc) is 2.85. The van der Waals surface area contributed by atoms with Gasteiger partial charge in [-0.25, -0.2) is 4.79 Å². The standard InChI is InChI=1S/C19H25N3O5/c1-11(2)12(3)20-16(23)10-22-17(24)19(4,21-18(22)25)13-5-6-14-15(9-13)27-8-7-26-14/h5-6,9,11-12H,7-8,10H2,1-4H3,(H,20,23)(H,21,25)/t12-,19-/m1/s1. The summed E-state index contributed by atoms with van der Waals surface area (Å²) in [6.45, 7) is 8.04. The predicted octanol–water partition coefficient (Wildman–Crippen LogP) is 1.39. The Hall–Kier alpha value is -2.77. The lowest BCUT2D eigenvalue weighted by atomic mass is 9.91. The minimum absolute atomic E-state index is 0.0533. The molecule has 2 aliphatic heterocycles. The highest BCUT2D eigenvalue weighted by molar-refractivity contribution is 6.09. The normalized spacial score (nSPS) is 22.6. The molecule has 0 spiro atoms. The van der Waals surface area contributed by atoms with E-state index in [0.717, 1.165) is 4.90 Å². The van der Waals surface area contributed by atoms with E-state index < -0.39 is 17.5 Å². The SMILES string of the molecule is CC(C)[C@@H](C)NC(=O)CN1C(=O)N[C@](C)(c2ccc3c(c2)OCCO3)C1=O. The molecule has 4 amide bonds. The Morgan fingerprint density at radius 1 is 1.22 bits per heavy atom. The number of amides is 4. The van der Waals surface area contributed by atoms with Gasteiger partial charge in [0.25, 0.3) is 5.91 Å². The number of nitrogens with one attached hydrogen (secondary N) is 2. The van der Waals surface area contributed by atoms with Crippen LogP contribution in [0, 0.1) is 5.92 Å². The minimum atomic E-state index is -1.27. The molecule has 27 heavy (non-hydrogen) atoms. The Kier molecular flexibility index (Phi) is 4.99. The number of nitrogens with zero attached hydrogens (tertiary/aromatic N) is 1. The number of fused-ring (bicyclic) bond motifs is 1. The molecular weight excluding hydrogens is 350 g/mol. The summed E-state index contributed by atoms with van der Waals surface area (Å²) >= 11 is 0. The second-order valence-electron chi connectivity index (χ2n) is 7.41. The summed E-state index contributed by atoms with van der Waals surface area (Å²) in [4.78, 5) is 38.5. The van der Waals surface area contributed by atoms with E-state index in [1.165, 1.54) is 0 Å². The molecule has 8 nitrogen and oxygen atoms in total. The Morgan fingerprint density at radius 3 is 2.56 bits per heavy atom. The molecule has 1 fully saturated rings. The molecule has 3 rings (SSSR count). The van der Waals surface area contributed by atoms with E-state index in [1.807, 2.05) is 20.8 Å². The third kappa shape index (κ3) is 3.56. The first-order valence-corrected chi connectivity index (χ1v) is 9.06. The third-order valence-corrected chi connectivity index (χ3v) is 5.08. The van der Waals surface area contributed by atoms with Crippen molar-refractivity contribution in [2.75, 3.05) is 19.8 Å². The highest BCUT2D eigenvalue weighted by atomic mass is 16.6. The lowest BCUT2D eigenvalue weighted by Crippen LogP contribution is -2.46. The van der Waals surface area contributed by atoms with Gasteiger partial charge in [-0.3, -0.25) is 14.5 Å². The summed E-state index contributed by atoms with van der Waals surface area (Å²) in [6.07, 6.45) is 0. The van der Waals surface area contributed by atoms with Crippen LogP contribution in [0.5, 0.6) is 11.5 Å². The number of hydrogen-bond donors (Lipinski definition) is 2. The molecule has 146 valence electrons. The third-order valence-electron chi connectivity index (χ3n) is 5.08. The van der Waals surface area contributed by atoms with Crippen LogP contribution in [0.15, 0.2) is 18.2 Å². The van der Waals surface area contributed by atoms with E-state index in [-0.39, 0.29) is 24.4 Å². The number of benzene rings is 1. The molecule has 0 bridgehead atoms. The van der Waals surface area contributed by atoms with Crippen molar-refractivity contribution >= 4 is 17.8 Å². The van der Waals surface area contributed by atoms with E-state index in [1.54, 1.807) is 25.1 Å². The maximum absolute atomic E-state index is 13.0. The van der Waals surface area contributed by atoms with Crippen LogP contribution in [0.25, 0.3) is 0 Å². The van der Waals surface area contributed by atoms with E-state index >= 15 is 0 Å². The van der Waals surface area contributed by atoms with E-state index in [4.69, 9.17) is 9.47 Å². The van der Waals surface area contributed by atoms with Crippen LogP contribution in [-0.2, 0) is 15.1 Å². The van der Waals surface area contributed by atoms with Gasteiger partial charge in [0.05, 0.1) is 0 Å². The maximum atomic E-state index is 13.0. The Bertz CT molecular complexity index is 779. The van der Waals surface area contributed by atoms with Crippen LogP contribution in [0.3, 0.4) is 0 Å². The van der Waals surface area contributed by atoms with Gasteiger partial charge in [-0.1, -0.05) is 19.9 Å². The van der Waals surface area contributed by atoms with Crippen LogP contribution < -0.4 is 20.1 Å². The summed E-state index contributed by atoms with van der Waals surface area (Å²) in [5.41, 5.74) is -0.694. The first-order valence-electron chi connectivity index (χ1n) is 9.06. The van der Waals surface area contributed by atoms with Crippen molar-refractivity contribution < 1.29 is 23.9 Å². The molecule has 0 unspecified atom stereocenters. The molecule has 1 aromatic rings. The number of carbonyl (C=O) groups is 3. The van der Waals surface area contributed by atoms with Crippen molar-refractivity contribution in [3.63, 3.8) is 0 Å². The Labute approximate surface area is 158 Å². The Balaban J connectivity index is 1.77. The van der Waals surface area contributed by atoms with Crippen LogP contribution in [-0.4, -0.2) is 48.5 Å². The van der Waals surface area contributed by atoms with Crippen LogP contribution in [0.1, 0.15) is 33.3 Å². The fraction of sp³-hybridized carbons (Fsp3) is 0.526. The molecular formula is C19H25N3O5. The largest absolute Gasteiger partial charge is 0.486 e. The fourth-order valence-corrected chi connectivity index (χ4v) is 3.00.